The van der Waals surface area contributed by atoms with Crippen molar-refractivity contribution in [1.29, 1.82) is 0 Å². The zero-order valence-corrected chi connectivity index (χ0v) is 21.0. The molecule has 0 bridgehead atoms. The molecule has 3 heterocycles. The van der Waals surface area contributed by atoms with Crippen LogP contribution < -0.4 is 4.74 Å². The third kappa shape index (κ3) is 4.79. The molecular weight excluding hydrogens is 450 g/mol. The van der Waals surface area contributed by atoms with E-state index in [2.05, 4.69) is 26.8 Å². The Morgan fingerprint density at radius 1 is 1.12 bits per heavy atom. The van der Waals surface area contributed by atoms with Crippen LogP contribution in [0.1, 0.15) is 47.3 Å². The van der Waals surface area contributed by atoms with E-state index in [4.69, 9.17) is 9.26 Å². The number of nitrogens with zero attached hydrogens (tertiary/aromatic N) is 5. The van der Waals surface area contributed by atoms with Crippen LogP contribution in [0.15, 0.2) is 46.1 Å². The molecule has 0 unspecified atom stereocenters. The summed E-state index contributed by atoms with van der Waals surface area (Å²) in [6.45, 7) is 8.69. The van der Waals surface area contributed by atoms with Gasteiger partial charge in [-0.1, -0.05) is 30.3 Å². The van der Waals surface area contributed by atoms with Gasteiger partial charge >= 0.3 is 0 Å². The van der Waals surface area contributed by atoms with Gasteiger partial charge in [-0.05, 0) is 57.5 Å². The summed E-state index contributed by atoms with van der Waals surface area (Å²) in [5, 5.41) is 13.7. The molecule has 0 atom stereocenters. The van der Waals surface area contributed by atoms with Gasteiger partial charge in [0.05, 0.1) is 12.9 Å². The topological polar surface area (TPSA) is 88.0 Å². The van der Waals surface area contributed by atoms with Crippen LogP contribution >= 0.6 is 11.8 Å². The average molecular weight is 480 g/mol. The zero-order valence-electron chi connectivity index (χ0n) is 20.2. The van der Waals surface area contributed by atoms with Crippen LogP contribution in [0.3, 0.4) is 0 Å². The molecule has 178 valence electrons. The van der Waals surface area contributed by atoms with Crippen LogP contribution in [-0.2, 0) is 6.54 Å². The molecule has 0 aliphatic rings. The summed E-state index contributed by atoms with van der Waals surface area (Å²) in [4.78, 5) is 13.2. The summed E-state index contributed by atoms with van der Waals surface area (Å²) in [5.41, 5.74) is 3.43. The number of hydrogen-bond acceptors (Lipinski definition) is 7. The number of aryl methyl sites for hydroxylation is 2. The lowest BCUT2D eigenvalue weighted by Crippen LogP contribution is -2.08. The second kappa shape index (κ2) is 10.3. The number of carbonyl (C=O) groups excluding carboxylic acids is 1. The van der Waals surface area contributed by atoms with Crippen LogP contribution in [0.5, 0.6) is 5.75 Å². The highest BCUT2D eigenvalue weighted by molar-refractivity contribution is 7.99. The summed E-state index contributed by atoms with van der Waals surface area (Å²) < 4.78 is 14.5. The largest absolute Gasteiger partial charge is 0.497 e. The SMILES string of the molecule is CCCCn1c(SCC(=O)c2cc(C)n(-c3cc(C)on3)c2C)nnc1-c1ccc(OC)cc1. The first kappa shape index (κ1) is 23.8. The van der Waals surface area contributed by atoms with Gasteiger partial charge in [-0.25, -0.2) is 0 Å². The Morgan fingerprint density at radius 2 is 1.88 bits per heavy atom. The van der Waals surface area contributed by atoms with Crippen molar-refractivity contribution >= 4 is 17.5 Å². The summed E-state index contributed by atoms with van der Waals surface area (Å²) in [5.74, 6) is 3.32. The molecule has 0 aliphatic heterocycles. The van der Waals surface area contributed by atoms with Crippen LogP contribution in [0, 0.1) is 20.8 Å². The molecule has 3 aromatic heterocycles. The number of carbonyl (C=O) groups is 1. The van der Waals surface area contributed by atoms with E-state index in [0.717, 1.165) is 58.8 Å². The average Bonchev–Trinajstić information content (AvgIpc) is 3.52. The third-order valence-electron chi connectivity index (χ3n) is 5.71. The summed E-state index contributed by atoms with van der Waals surface area (Å²) in [7, 11) is 1.65. The molecule has 0 radical (unpaired) electrons. The van der Waals surface area contributed by atoms with Gasteiger partial charge < -0.3 is 13.8 Å². The van der Waals surface area contributed by atoms with Gasteiger partial charge in [-0.2, -0.15) is 0 Å². The molecule has 0 amide bonds. The highest BCUT2D eigenvalue weighted by Crippen LogP contribution is 2.28. The van der Waals surface area contributed by atoms with Crippen molar-refractivity contribution < 1.29 is 14.1 Å². The van der Waals surface area contributed by atoms with Gasteiger partial charge in [0, 0.05) is 35.1 Å². The van der Waals surface area contributed by atoms with Gasteiger partial charge in [-0.15, -0.1) is 10.2 Å². The Kier molecular flexibility index (Phi) is 7.21. The molecule has 34 heavy (non-hydrogen) atoms. The molecule has 0 N–H and O–H groups in total. The van der Waals surface area contributed by atoms with E-state index >= 15 is 0 Å². The van der Waals surface area contributed by atoms with Crippen molar-refractivity contribution in [3.05, 3.63) is 59.1 Å². The maximum Gasteiger partial charge on any atom is 0.191 e. The van der Waals surface area contributed by atoms with Crippen molar-refractivity contribution in [3.63, 3.8) is 0 Å². The molecule has 0 saturated carbocycles. The van der Waals surface area contributed by atoms with Crippen molar-refractivity contribution in [2.75, 3.05) is 12.9 Å². The Balaban J connectivity index is 1.55. The van der Waals surface area contributed by atoms with Crippen molar-refractivity contribution in [1.82, 2.24) is 24.5 Å². The predicted octanol–water partition coefficient (Wildman–Crippen LogP) is 5.43. The monoisotopic (exact) mass is 479 g/mol. The Labute approximate surface area is 203 Å². The Hall–Kier alpha value is -3.33. The van der Waals surface area contributed by atoms with Crippen molar-refractivity contribution in [2.45, 2.75) is 52.2 Å². The molecule has 4 aromatic rings. The highest BCUT2D eigenvalue weighted by Gasteiger charge is 2.21. The van der Waals surface area contributed by atoms with E-state index in [1.165, 1.54) is 11.8 Å². The number of methoxy groups -OCH3 is 1. The first-order valence-corrected chi connectivity index (χ1v) is 12.3. The minimum Gasteiger partial charge on any atom is -0.497 e. The van der Waals surface area contributed by atoms with Crippen LogP contribution in [0.4, 0.5) is 0 Å². The van der Waals surface area contributed by atoms with Crippen LogP contribution in [0.25, 0.3) is 17.2 Å². The van der Waals surface area contributed by atoms with Gasteiger partial charge in [-0.3, -0.25) is 9.36 Å². The molecule has 0 saturated heterocycles. The lowest BCUT2D eigenvalue weighted by molar-refractivity contribution is 0.102. The number of ether oxygens (including phenoxy) is 1. The van der Waals surface area contributed by atoms with E-state index in [-0.39, 0.29) is 11.5 Å². The first-order valence-electron chi connectivity index (χ1n) is 11.3. The lowest BCUT2D eigenvalue weighted by Gasteiger charge is -2.10. The number of thioether (sulfide) groups is 1. The molecule has 0 spiro atoms. The number of hydrogen-bond donors (Lipinski definition) is 0. The number of benzene rings is 1. The second-order valence-electron chi connectivity index (χ2n) is 8.17. The third-order valence-corrected chi connectivity index (χ3v) is 6.68. The van der Waals surface area contributed by atoms with Crippen LogP contribution in [-0.4, -0.2) is 43.1 Å². The minimum atomic E-state index is 0.0422. The quantitative estimate of drug-likeness (QED) is 0.221. The van der Waals surface area contributed by atoms with Gasteiger partial charge in [0.15, 0.2) is 22.6 Å². The maximum absolute atomic E-state index is 13.2. The van der Waals surface area contributed by atoms with Gasteiger partial charge in [0.1, 0.15) is 11.5 Å². The standard InChI is InChI=1S/C25H29N5O3S/c1-6-7-12-29-24(19-8-10-20(32-5)11-9-19)26-27-25(29)34-15-22(31)21-13-16(2)30(18(21)4)23-14-17(3)33-28-23/h8-11,13-14H,6-7,12,15H2,1-5H3. The lowest BCUT2D eigenvalue weighted by atomic mass is 10.2. The number of rotatable bonds is 10. The van der Waals surface area contributed by atoms with E-state index < -0.39 is 0 Å². The Bertz CT molecular complexity index is 1290. The fraction of sp³-hybridized carbons (Fsp3) is 0.360. The maximum atomic E-state index is 13.2. The number of unbranched alkanes of at least 4 members (excludes halogenated alkanes) is 1. The normalized spacial score (nSPS) is 11.2. The van der Waals surface area contributed by atoms with Gasteiger partial charge in [0.25, 0.3) is 0 Å². The van der Waals surface area contributed by atoms with Crippen LogP contribution in [0.2, 0.25) is 0 Å². The van der Waals surface area contributed by atoms with Gasteiger partial charge in [0.2, 0.25) is 0 Å². The summed E-state index contributed by atoms with van der Waals surface area (Å²) in [6.07, 6.45) is 2.05. The molecule has 0 aliphatic carbocycles. The molecule has 1 aromatic carbocycles. The van der Waals surface area contributed by atoms with Crippen molar-refractivity contribution in [2.24, 2.45) is 0 Å². The first-order chi connectivity index (χ1) is 16.4. The van der Waals surface area contributed by atoms with E-state index in [1.54, 1.807) is 7.11 Å². The molecule has 9 heteroatoms. The number of aromatic nitrogens is 5. The number of ketones is 1. The molecular formula is C25H29N5O3S. The number of Topliss-reactive ketones (excluding diaryl/α,β-unsaturated/α-hetero) is 1. The minimum absolute atomic E-state index is 0.0422. The Morgan fingerprint density at radius 3 is 2.53 bits per heavy atom. The van der Waals surface area contributed by atoms with E-state index in [1.807, 2.05) is 61.7 Å². The summed E-state index contributed by atoms with van der Waals surface area (Å²) >= 11 is 1.42. The molecule has 4 rings (SSSR count). The molecule has 0 fully saturated rings. The van der Waals surface area contributed by atoms with Crippen molar-refractivity contribution in [3.8, 4) is 23.0 Å². The fourth-order valence-electron chi connectivity index (χ4n) is 3.93. The fourth-order valence-corrected chi connectivity index (χ4v) is 4.78. The summed E-state index contributed by atoms with van der Waals surface area (Å²) in [6, 6.07) is 11.6. The van der Waals surface area contributed by atoms with E-state index in [9.17, 15) is 4.79 Å². The van der Waals surface area contributed by atoms with E-state index in [0.29, 0.717) is 11.4 Å². The predicted molar refractivity (Wildman–Crippen MR) is 132 cm³/mol. The second-order valence-corrected chi connectivity index (χ2v) is 9.11. The molecule has 8 nitrogen and oxygen atoms in total. The highest BCUT2D eigenvalue weighted by atomic mass is 32.2. The smallest absolute Gasteiger partial charge is 0.191 e. The zero-order chi connectivity index (χ0) is 24.2.